The van der Waals surface area contributed by atoms with Gasteiger partial charge in [-0.05, 0) is 57.1 Å². The Morgan fingerprint density at radius 1 is 1.10 bits per heavy atom. The van der Waals surface area contributed by atoms with Crippen molar-refractivity contribution in [3.05, 3.63) is 34.4 Å². The molecule has 20 heavy (non-hydrogen) atoms. The smallest absolute Gasteiger partial charge is 0.169 e. The van der Waals surface area contributed by atoms with Crippen molar-refractivity contribution >= 4 is 5.78 Å². The second kappa shape index (κ2) is 5.71. The zero-order chi connectivity index (χ0) is 14.9. The Morgan fingerprint density at radius 3 is 2.05 bits per heavy atom. The first-order valence-corrected chi connectivity index (χ1v) is 7.98. The average molecular weight is 272 g/mol. The number of hydrogen-bond donors (Lipinski definition) is 0. The zero-order valence-electron chi connectivity index (χ0n) is 13.7. The van der Waals surface area contributed by atoms with Crippen LogP contribution in [-0.2, 0) is 0 Å². The van der Waals surface area contributed by atoms with Gasteiger partial charge < -0.3 is 0 Å². The molecular formula is C19H28O. The van der Waals surface area contributed by atoms with E-state index in [4.69, 9.17) is 0 Å². The molecule has 1 heteroatoms. The quantitative estimate of drug-likeness (QED) is 0.671. The van der Waals surface area contributed by atoms with Crippen molar-refractivity contribution in [3.63, 3.8) is 0 Å². The number of hydrogen-bond acceptors (Lipinski definition) is 1. The molecule has 0 spiro atoms. The van der Waals surface area contributed by atoms with Crippen LogP contribution in [0.3, 0.4) is 0 Å². The minimum atomic E-state index is -0.0844. The lowest BCUT2D eigenvalue weighted by Gasteiger charge is -2.30. The molecule has 1 nitrogen and oxygen atoms in total. The molecule has 2 rings (SSSR count). The Hall–Kier alpha value is -1.11. The molecule has 1 aliphatic rings. The maximum Gasteiger partial charge on any atom is 0.169 e. The Kier molecular flexibility index (Phi) is 4.36. The van der Waals surface area contributed by atoms with Crippen molar-refractivity contribution in [2.24, 2.45) is 11.3 Å². The highest BCUT2D eigenvalue weighted by molar-refractivity contribution is 6.03. The summed E-state index contributed by atoms with van der Waals surface area (Å²) < 4.78 is 0. The standard InChI is InChI=1S/C19H28O/c1-13(2)12-19(8-6-7-9-19)18(20)17-15(4)10-14(3)11-16(17)5/h10-11,13H,6-9,12H2,1-5H3. The molecule has 1 fully saturated rings. The molecule has 0 aromatic heterocycles. The maximum absolute atomic E-state index is 13.3. The maximum atomic E-state index is 13.3. The van der Waals surface area contributed by atoms with Crippen LogP contribution < -0.4 is 0 Å². The van der Waals surface area contributed by atoms with Gasteiger partial charge in [-0.15, -0.1) is 0 Å². The largest absolute Gasteiger partial charge is 0.294 e. The molecule has 0 unspecified atom stereocenters. The highest BCUT2D eigenvalue weighted by Crippen LogP contribution is 2.46. The van der Waals surface area contributed by atoms with Gasteiger partial charge >= 0.3 is 0 Å². The molecule has 1 saturated carbocycles. The van der Waals surface area contributed by atoms with Gasteiger partial charge in [-0.3, -0.25) is 4.79 Å². The fourth-order valence-electron chi connectivity index (χ4n) is 4.16. The number of carbonyl (C=O) groups excluding carboxylic acids is 1. The predicted octanol–water partition coefficient (Wildman–Crippen LogP) is 5.40. The molecule has 0 radical (unpaired) electrons. The Labute approximate surface area is 123 Å². The van der Waals surface area contributed by atoms with Gasteiger partial charge in [-0.1, -0.05) is 44.4 Å². The van der Waals surface area contributed by atoms with Crippen molar-refractivity contribution in [1.29, 1.82) is 0 Å². The summed E-state index contributed by atoms with van der Waals surface area (Å²) in [5.41, 5.74) is 4.47. The number of rotatable bonds is 4. The van der Waals surface area contributed by atoms with Crippen molar-refractivity contribution in [3.8, 4) is 0 Å². The molecule has 110 valence electrons. The monoisotopic (exact) mass is 272 g/mol. The molecule has 0 aliphatic heterocycles. The summed E-state index contributed by atoms with van der Waals surface area (Å²) in [7, 11) is 0. The molecule has 0 heterocycles. The van der Waals surface area contributed by atoms with Crippen LogP contribution in [0.4, 0.5) is 0 Å². The van der Waals surface area contributed by atoms with E-state index in [-0.39, 0.29) is 5.41 Å². The first-order valence-electron chi connectivity index (χ1n) is 7.98. The van der Waals surface area contributed by atoms with Crippen molar-refractivity contribution in [1.82, 2.24) is 0 Å². The molecule has 0 saturated heterocycles. The van der Waals surface area contributed by atoms with E-state index >= 15 is 0 Å². The van der Waals surface area contributed by atoms with Crippen LogP contribution in [0.5, 0.6) is 0 Å². The average Bonchev–Trinajstić information content (AvgIpc) is 2.76. The summed E-state index contributed by atoms with van der Waals surface area (Å²) in [6, 6.07) is 4.30. The SMILES string of the molecule is Cc1cc(C)c(C(=O)C2(CC(C)C)CCCC2)c(C)c1. The summed E-state index contributed by atoms with van der Waals surface area (Å²) in [5, 5.41) is 0. The van der Waals surface area contributed by atoms with Crippen LogP contribution in [0.1, 0.15) is 73.0 Å². The van der Waals surface area contributed by atoms with Crippen LogP contribution in [-0.4, -0.2) is 5.78 Å². The zero-order valence-corrected chi connectivity index (χ0v) is 13.7. The fourth-order valence-corrected chi connectivity index (χ4v) is 4.16. The molecule has 0 N–H and O–H groups in total. The number of Topliss-reactive ketones (excluding diaryl/α,β-unsaturated/α-hetero) is 1. The lowest BCUT2D eigenvalue weighted by molar-refractivity contribution is 0.0758. The predicted molar refractivity (Wildman–Crippen MR) is 85.3 cm³/mol. The van der Waals surface area contributed by atoms with E-state index in [0.29, 0.717) is 11.7 Å². The van der Waals surface area contributed by atoms with Crippen molar-refractivity contribution in [2.45, 2.75) is 66.7 Å². The second-order valence-corrected chi connectivity index (χ2v) is 7.19. The van der Waals surface area contributed by atoms with Crippen molar-refractivity contribution < 1.29 is 4.79 Å². The van der Waals surface area contributed by atoms with E-state index < -0.39 is 0 Å². The van der Waals surface area contributed by atoms with Gasteiger partial charge in [0, 0.05) is 11.0 Å². The lowest BCUT2D eigenvalue weighted by Crippen LogP contribution is -2.31. The van der Waals surface area contributed by atoms with Crippen LogP contribution in [0.2, 0.25) is 0 Å². The van der Waals surface area contributed by atoms with E-state index in [9.17, 15) is 4.79 Å². The third-order valence-corrected chi connectivity index (χ3v) is 4.75. The number of carbonyl (C=O) groups is 1. The van der Waals surface area contributed by atoms with Crippen LogP contribution >= 0.6 is 0 Å². The summed E-state index contributed by atoms with van der Waals surface area (Å²) in [6.45, 7) is 10.8. The van der Waals surface area contributed by atoms with Crippen molar-refractivity contribution in [2.75, 3.05) is 0 Å². The van der Waals surface area contributed by atoms with E-state index in [1.165, 1.54) is 18.4 Å². The summed E-state index contributed by atoms with van der Waals surface area (Å²) in [6.07, 6.45) is 5.62. The van der Waals surface area contributed by atoms with Gasteiger partial charge in [-0.2, -0.15) is 0 Å². The normalized spacial score (nSPS) is 17.7. The molecular weight excluding hydrogens is 244 g/mol. The topological polar surface area (TPSA) is 17.1 Å². The number of benzene rings is 1. The third-order valence-electron chi connectivity index (χ3n) is 4.75. The lowest BCUT2D eigenvalue weighted by atomic mass is 9.71. The summed E-state index contributed by atoms with van der Waals surface area (Å²) in [5.74, 6) is 1.00. The van der Waals surface area contributed by atoms with E-state index in [0.717, 1.165) is 36.0 Å². The van der Waals surface area contributed by atoms with Crippen LogP contribution in [0, 0.1) is 32.1 Å². The highest BCUT2D eigenvalue weighted by Gasteiger charge is 2.42. The minimum Gasteiger partial charge on any atom is -0.294 e. The van der Waals surface area contributed by atoms with Gasteiger partial charge in [0.15, 0.2) is 5.78 Å². The minimum absolute atomic E-state index is 0.0844. The molecule has 0 atom stereocenters. The van der Waals surface area contributed by atoms with Crippen LogP contribution in [0.15, 0.2) is 12.1 Å². The molecule has 1 aromatic rings. The summed E-state index contributed by atoms with van der Waals surface area (Å²) in [4.78, 5) is 13.3. The van der Waals surface area contributed by atoms with E-state index in [1.54, 1.807) is 0 Å². The highest BCUT2D eigenvalue weighted by atomic mass is 16.1. The summed E-state index contributed by atoms with van der Waals surface area (Å²) >= 11 is 0. The first-order chi connectivity index (χ1) is 9.35. The Balaban J connectivity index is 2.43. The molecule has 1 aliphatic carbocycles. The molecule has 0 bridgehead atoms. The fraction of sp³-hybridized carbons (Fsp3) is 0.632. The van der Waals surface area contributed by atoms with Gasteiger partial charge in [0.25, 0.3) is 0 Å². The van der Waals surface area contributed by atoms with Gasteiger partial charge in [-0.25, -0.2) is 0 Å². The third kappa shape index (κ3) is 2.82. The molecule has 1 aromatic carbocycles. The van der Waals surface area contributed by atoms with E-state index in [1.807, 2.05) is 0 Å². The first kappa shape index (κ1) is 15.3. The van der Waals surface area contributed by atoms with Crippen LogP contribution in [0.25, 0.3) is 0 Å². The van der Waals surface area contributed by atoms with Gasteiger partial charge in [0.1, 0.15) is 0 Å². The molecule has 0 amide bonds. The Morgan fingerprint density at radius 2 is 1.60 bits per heavy atom. The van der Waals surface area contributed by atoms with Gasteiger partial charge in [0.05, 0.1) is 0 Å². The Bertz CT molecular complexity index is 481. The van der Waals surface area contributed by atoms with Gasteiger partial charge in [0.2, 0.25) is 0 Å². The number of ketones is 1. The number of aryl methyl sites for hydroxylation is 3. The second-order valence-electron chi connectivity index (χ2n) is 7.19. The van der Waals surface area contributed by atoms with E-state index in [2.05, 4.69) is 46.8 Å².